The summed E-state index contributed by atoms with van der Waals surface area (Å²) in [6.45, 7) is 3.17. The number of halogens is 1. The van der Waals surface area contributed by atoms with Gasteiger partial charge < -0.3 is 14.0 Å². The summed E-state index contributed by atoms with van der Waals surface area (Å²) in [5, 5.41) is 0. The highest BCUT2D eigenvalue weighted by molar-refractivity contribution is 14.2. The third kappa shape index (κ3) is 6.26. The number of rotatable bonds is 6. The molecule has 17 heavy (non-hydrogen) atoms. The number of likely N-dealkylation sites (N-methyl/N-ethyl adjacent to an activating group) is 1. The van der Waals surface area contributed by atoms with Crippen LogP contribution in [0.2, 0.25) is 0 Å². The Hall–Kier alpha value is 0.470. The highest BCUT2D eigenvalue weighted by Crippen LogP contribution is 2.22. The first-order valence-electron chi connectivity index (χ1n) is 5.96. The maximum atomic E-state index is 11.8. The minimum atomic E-state index is 0.257. The second-order valence-electron chi connectivity index (χ2n) is 4.74. The van der Waals surface area contributed by atoms with Crippen molar-refractivity contribution < 1.29 is 8.98 Å². The summed E-state index contributed by atoms with van der Waals surface area (Å²) in [6.07, 6.45) is 3.36. The van der Waals surface area contributed by atoms with Gasteiger partial charge in [0.25, 0.3) is 0 Å². The van der Waals surface area contributed by atoms with E-state index in [1.54, 1.807) is 0 Å². The third-order valence-corrected chi connectivity index (χ3v) is 4.09. The van der Waals surface area contributed by atoms with Gasteiger partial charge in [-0.25, -0.2) is 0 Å². The molecule has 0 aromatic carbocycles. The summed E-state index contributed by atoms with van der Waals surface area (Å²) >= 11 is 2.14. The van der Waals surface area contributed by atoms with Crippen LogP contribution in [-0.2, 0) is 8.98 Å². The number of carbonyl (C=O) groups is 1. The molecule has 1 aliphatic heterocycles. The molecule has 0 aromatic rings. The number of hydrogen-bond acceptors (Lipinski definition) is 4. The summed E-state index contributed by atoms with van der Waals surface area (Å²) in [5.41, 5.74) is 0. The molecule has 0 aromatic heterocycles. The molecule has 1 heterocycles. The molecule has 0 bridgehead atoms. The summed E-state index contributed by atoms with van der Waals surface area (Å²) in [5.74, 6) is 0.981. The van der Waals surface area contributed by atoms with Gasteiger partial charge in [-0.05, 0) is 39.3 Å². The summed E-state index contributed by atoms with van der Waals surface area (Å²) < 4.78 is 5.28. The van der Waals surface area contributed by atoms with Gasteiger partial charge in [0.2, 0.25) is 5.91 Å². The fourth-order valence-electron chi connectivity index (χ4n) is 2.09. The van der Waals surface area contributed by atoms with Gasteiger partial charge in [0.05, 0.1) is 22.4 Å². The van der Waals surface area contributed by atoms with Crippen molar-refractivity contribution in [2.75, 3.05) is 40.3 Å². The van der Waals surface area contributed by atoms with E-state index in [-0.39, 0.29) is 5.91 Å². The Bertz CT molecular complexity index is 234. The van der Waals surface area contributed by atoms with Gasteiger partial charge in [-0.1, -0.05) is 0 Å². The van der Waals surface area contributed by atoms with Crippen molar-refractivity contribution in [2.24, 2.45) is 5.92 Å². The fraction of sp³-hybridized carbons (Fsp3) is 0.909. The van der Waals surface area contributed by atoms with Crippen LogP contribution in [0.3, 0.4) is 0 Å². The zero-order valence-corrected chi connectivity index (χ0v) is 13.5. The van der Waals surface area contributed by atoms with Crippen molar-refractivity contribution in [1.82, 2.24) is 9.80 Å². The van der Waals surface area contributed by atoms with E-state index < -0.39 is 0 Å². The molecule has 0 atom stereocenters. The molecule has 0 spiro atoms. The molecule has 100 valence electrons. The summed E-state index contributed by atoms with van der Waals surface area (Å²) in [7, 11) is 5.27. The summed E-state index contributed by atoms with van der Waals surface area (Å²) in [4.78, 5) is 15.8. The van der Waals surface area contributed by atoms with Crippen LogP contribution in [0.1, 0.15) is 19.3 Å². The molecule has 1 saturated heterocycles. The zero-order chi connectivity index (χ0) is 12.7. The molecule has 0 N–H and O–H groups in total. The number of carbonyl (C=O) groups excluding carboxylic acids is 1. The topological polar surface area (TPSA) is 32.8 Å². The molecule has 1 aliphatic rings. The lowest BCUT2D eigenvalue weighted by Gasteiger charge is -2.32. The SMILES string of the molecule is CN(C)CC(=O)N1CCC(CCOSI)CC1. The van der Waals surface area contributed by atoms with E-state index in [1.165, 1.54) is 9.21 Å². The average Bonchev–Trinajstić information content (AvgIpc) is 2.29. The molecule has 1 amide bonds. The first kappa shape index (κ1) is 15.5. The second-order valence-corrected chi connectivity index (χ2v) is 6.18. The van der Waals surface area contributed by atoms with E-state index in [4.69, 9.17) is 4.18 Å². The van der Waals surface area contributed by atoms with E-state index in [9.17, 15) is 4.79 Å². The monoisotopic (exact) mass is 372 g/mol. The molecule has 0 aliphatic carbocycles. The smallest absolute Gasteiger partial charge is 0.236 e. The summed E-state index contributed by atoms with van der Waals surface area (Å²) in [6, 6.07) is 0. The van der Waals surface area contributed by atoms with Crippen LogP contribution < -0.4 is 0 Å². The highest BCUT2D eigenvalue weighted by Gasteiger charge is 2.22. The Labute approximate surface area is 120 Å². The van der Waals surface area contributed by atoms with Crippen LogP contribution in [0.5, 0.6) is 0 Å². The minimum Gasteiger partial charge on any atom is -0.342 e. The van der Waals surface area contributed by atoms with E-state index >= 15 is 0 Å². The van der Waals surface area contributed by atoms with Crippen LogP contribution >= 0.6 is 30.4 Å². The number of amides is 1. The molecule has 0 saturated carbocycles. The standard InChI is InChI=1S/C11H21IN2O2S/c1-13(2)9-11(15)14-6-3-10(4-7-14)5-8-16-17-12/h10H,3-9H2,1-2H3. The minimum absolute atomic E-state index is 0.257. The lowest BCUT2D eigenvalue weighted by Crippen LogP contribution is -2.42. The van der Waals surface area contributed by atoms with E-state index in [0.717, 1.165) is 44.9 Å². The normalized spacial score (nSPS) is 17.8. The number of nitrogens with zero attached hydrogens (tertiary/aromatic N) is 2. The number of hydrogen-bond donors (Lipinski definition) is 0. The van der Waals surface area contributed by atoms with Crippen molar-refractivity contribution >= 4 is 36.3 Å². The predicted molar refractivity (Wildman–Crippen MR) is 80.0 cm³/mol. The fourth-order valence-corrected chi connectivity index (χ4v) is 2.79. The quantitative estimate of drug-likeness (QED) is 0.407. The molecule has 1 fully saturated rings. The maximum absolute atomic E-state index is 11.8. The molecule has 6 heteroatoms. The van der Waals surface area contributed by atoms with Crippen molar-refractivity contribution in [3.05, 3.63) is 0 Å². The van der Waals surface area contributed by atoms with Gasteiger partial charge >= 0.3 is 0 Å². The van der Waals surface area contributed by atoms with Crippen LogP contribution in [0, 0.1) is 5.92 Å². The van der Waals surface area contributed by atoms with Gasteiger partial charge in [0.1, 0.15) is 0 Å². The lowest BCUT2D eigenvalue weighted by molar-refractivity contribution is -0.133. The predicted octanol–water partition coefficient (Wildman–Crippen LogP) is 2.19. The van der Waals surface area contributed by atoms with Crippen molar-refractivity contribution in [3.63, 3.8) is 0 Å². The molecular formula is C11H21IN2O2S. The van der Waals surface area contributed by atoms with Crippen molar-refractivity contribution in [1.29, 1.82) is 0 Å². The average molecular weight is 372 g/mol. The molecule has 0 unspecified atom stereocenters. The van der Waals surface area contributed by atoms with E-state index in [1.807, 2.05) is 23.9 Å². The first-order valence-corrected chi connectivity index (χ1v) is 9.24. The number of likely N-dealkylation sites (tertiary alicyclic amines) is 1. The van der Waals surface area contributed by atoms with Crippen LogP contribution in [0.15, 0.2) is 0 Å². The Morgan fingerprint density at radius 2 is 2.12 bits per heavy atom. The largest absolute Gasteiger partial charge is 0.342 e. The first-order chi connectivity index (χ1) is 8.13. The highest BCUT2D eigenvalue weighted by atomic mass is 127. The van der Waals surface area contributed by atoms with E-state index in [2.05, 4.69) is 21.2 Å². The zero-order valence-electron chi connectivity index (χ0n) is 10.5. The van der Waals surface area contributed by atoms with Crippen LogP contribution in [-0.4, -0.2) is 56.0 Å². The van der Waals surface area contributed by atoms with Gasteiger partial charge in [0, 0.05) is 34.3 Å². The van der Waals surface area contributed by atoms with Gasteiger partial charge in [-0.3, -0.25) is 4.79 Å². The second kappa shape index (κ2) is 8.55. The number of piperidine rings is 1. The maximum Gasteiger partial charge on any atom is 0.236 e. The van der Waals surface area contributed by atoms with Gasteiger partial charge in [0.15, 0.2) is 0 Å². The van der Waals surface area contributed by atoms with Crippen molar-refractivity contribution in [2.45, 2.75) is 19.3 Å². The molecule has 4 nitrogen and oxygen atoms in total. The van der Waals surface area contributed by atoms with E-state index in [0.29, 0.717) is 6.54 Å². The Balaban J connectivity index is 2.18. The van der Waals surface area contributed by atoms with Gasteiger partial charge in [-0.2, -0.15) is 0 Å². The Morgan fingerprint density at radius 3 is 2.65 bits per heavy atom. The molecule has 0 radical (unpaired) electrons. The van der Waals surface area contributed by atoms with Crippen LogP contribution in [0.25, 0.3) is 0 Å². The van der Waals surface area contributed by atoms with Crippen LogP contribution in [0.4, 0.5) is 0 Å². The van der Waals surface area contributed by atoms with Gasteiger partial charge in [-0.15, -0.1) is 0 Å². The molecule has 1 rings (SSSR count). The third-order valence-electron chi connectivity index (χ3n) is 3.07. The Kier molecular flexibility index (Phi) is 7.81. The lowest BCUT2D eigenvalue weighted by atomic mass is 9.94. The van der Waals surface area contributed by atoms with Crippen molar-refractivity contribution in [3.8, 4) is 0 Å². The molecular weight excluding hydrogens is 351 g/mol. The Morgan fingerprint density at radius 1 is 1.47 bits per heavy atom.